The van der Waals surface area contributed by atoms with Gasteiger partial charge < -0.3 is 15.4 Å². The Morgan fingerprint density at radius 2 is 2.00 bits per heavy atom. The van der Waals surface area contributed by atoms with Gasteiger partial charge in [0.25, 0.3) is 0 Å². The van der Waals surface area contributed by atoms with Crippen LogP contribution in [-0.2, 0) is 13.0 Å². The van der Waals surface area contributed by atoms with Crippen molar-refractivity contribution in [1.29, 1.82) is 0 Å². The van der Waals surface area contributed by atoms with Crippen LogP contribution in [0.4, 0.5) is 0 Å². The number of benzene rings is 1. The largest absolute Gasteiger partial charge is 0.496 e. The number of aromatic nitrogens is 2. The van der Waals surface area contributed by atoms with Crippen molar-refractivity contribution >= 4 is 29.9 Å². The summed E-state index contributed by atoms with van der Waals surface area (Å²) < 4.78 is 7.29. The lowest BCUT2D eigenvalue weighted by atomic mass is 10.1. The monoisotopic (exact) mass is 443 g/mol. The number of halogens is 1. The molecule has 0 radical (unpaired) electrons. The summed E-state index contributed by atoms with van der Waals surface area (Å²) in [5.74, 6) is 1.75. The fourth-order valence-electron chi connectivity index (χ4n) is 2.33. The quantitative estimate of drug-likeness (QED) is 0.285. The molecule has 132 valence electrons. The average molecular weight is 443 g/mol. The maximum Gasteiger partial charge on any atom is 0.190 e. The van der Waals surface area contributed by atoms with Crippen LogP contribution >= 0.6 is 24.0 Å². The first-order valence-electron chi connectivity index (χ1n) is 7.87. The predicted octanol–water partition coefficient (Wildman–Crippen LogP) is 2.31. The van der Waals surface area contributed by atoms with Crippen molar-refractivity contribution in [2.75, 3.05) is 27.2 Å². The predicted molar refractivity (Wildman–Crippen MR) is 108 cm³/mol. The zero-order chi connectivity index (χ0) is 16.3. The Morgan fingerprint density at radius 3 is 2.71 bits per heavy atom. The molecule has 0 bridgehead atoms. The van der Waals surface area contributed by atoms with Crippen LogP contribution in [0, 0.1) is 0 Å². The third-order valence-corrected chi connectivity index (χ3v) is 3.52. The van der Waals surface area contributed by atoms with E-state index in [1.807, 2.05) is 35.1 Å². The second kappa shape index (κ2) is 11.7. The molecule has 0 unspecified atom stereocenters. The fourth-order valence-corrected chi connectivity index (χ4v) is 2.33. The van der Waals surface area contributed by atoms with Crippen LogP contribution in [0.2, 0.25) is 0 Å². The van der Waals surface area contributed by atoms with E-state index in [0.717, 1.165) is 44.2 Å². The molecule has 0 saturated heterocycles. The summed E-state index contributed by atoms with van der Waals surface area (Å²) in [4.78, 5) is 4.24. The average Bonchev–Trinajstić information content (AvgIpc) is 3.10. The number of rotatable bonds is 8. The second-order valence-electron chi connectivity index (χ2n) is 5.11. The number of ether oxygens (including phenoxy) is 1. The summed E-state index contributed by atoms with van der Waals surface area (Å²) in [6.07, 6.45) is 5.65. The van der Waals surface area contributed by atoms with E-state index in [0.29, 0.717) is 0 Å². The molecule has 1 aromatic carbocycles. The smallest absolute Gasteiger partial charge is 0.190 e. The minimum atomic E-state index is 0. The molecule has 6 nitrogen and oxygen atoms in total. The Bertz CT molecular complexity index is 601. The van der Waals surface area contributed by atoms with Crippen molar-refractivity contribution in [3.63, 3.8) is 0 Å². The summed E-state index contributed by atoms with van der Waals surface area (Å²) in [6, 6.07) is 10.0. The van der Waals surface area contributed by atoms with Gasteiger partial charge in [-0.25, -0.2) is 0 Å². The molecule has 7 heteroatoms. The van der Waals surface area contributed by atoms with Gasteiger partial charge in [0.05, 0.1) is 7.11 Å². The van der Waals surface area contributed by atoms with Gasteiger partial charge in [-0.1, -0.05) is 18.2 Å². The summed E-state index contributed by atoms with van der Waals surface area (Å²) in [6.45, 7) is 2.56. The normalized spacial score (nSPS) is 10.8. The van der Waals surface area contributed by atoms with E-state index in [1.54, 1.807) is 20.4 Å². The van der Waals surface area contributed by atoms with Gasteiger partial charge in [-0.15, -0.1) is 24.0 Å². The van der Waals surface area contributed by atoms with Crippen molar-refractivity contribution in [3.8, 4) is 5.75 Å². The molecule has 0 spiro atoms. The topological polar surface area (TPSA) is 63.5 Å². The Labute approximate surface area is 160 Å². The third kappa shape index (κ3) is 6.77. The number of hydrogen-bond acceptors (Lipinski definition) is 3. The SMILES string of the molecule is CN=C(NCCCn1cccn1)NCCc1ccccc1OC.I. The van der Waals surface area contributed by atoms with Gasteiger partial charge in [-0.2, -0.15) is 5.10 Å². The van der Waals surface area contributed by atoms with Gasteiger partial charge in [0.1, 0.15) is 5.75 Å². The van der Waals surface area contributed by atoms with E-state index in [4.69, 9.17) is 4.74 Å². The molecule has 0 saturated carbocycles. The second-order valence-corrected chi connectivity index (χ2v) is 5.11. The lowest BCUT2D eigenvalue weighted by Crippen LogP contribution is -2.39. The Kier molecular flexibility index (Phi) is 9.90. The number of aryl methyl sites for hydroxylation is 1. The third-order valence-electron chi connectivity index (χ3n) is 3.52. The van der Waals surface area contributed by atoms with E-state index in [2.05, 4.69) is 26.8 Å². The molecule has 0 aliphatic carbocycles. The highest BCUT2D eigenvalue weighted by atomic mass is 127. The fraction of sp³-hybridized carbons (Fsp3) is 0.412. The van der Waals surface area contributed by atoms with Gasteiger partial charge in [0.15, 0.2) is 5.96 Å². The van der Waals surface area contributed by atoms with Gasteiger partial charge in [-0.3, -0.25) is 9.67 Å². The number of hydrogen-bond donors (Lipinski definition) is 2. The van der Waals surface area contributed by atoms with E-state index in [-0.39, 0.29) is 24.0 Å². The van der Waals surface area contributed by atoms with E-state index < -0.39 is 0 Å². The van der Waals surface area contributed by atoms with Crippen molar-refractivity contribution in [2.24, 2.45) is 4.99 Å². The molecule has 2 aromatic rings. The first kappa shape index (κ1) is 20.3. The van der Waals surface area contributed by atoms with Crippen LogP contribution in [0.1, 0.15) is 12.0 Å². The van der Waals surface area contributed by atoms with Crippen molar-refractivity contribution in [2.45, 2.75) is 19.4 Å². The highest BCUT2D eigenvalue weighted by Gasteiger charge is 2.02. The Morgan fingerprint density at radius 1 is 1.21 bits per heavy atom. The van der Waals surface area contributed by atoms with Crippen LogP contribution in [0.5, 0.6) is 5.75 Å². The molecular formula is C17H26IN5O. The van der Waals surface area contributed by atoms with Crippen LogP contribution in [0.3, 0.4) is 0 Å². The van der Waals surface area contributed by atoms with Gasteiger partial charge >= 0.3 is 0 Å². The van der Waals surface area contributed by atoms with Crippen molar-refractivity contribution in [1.82, 2.24) is 20.4 Å². The van der Waals surface area contributed by atoms with Crippen LogP contribution in [-0.4, -0.2) is 43.0 Å². The van der Waals surface area contributed by atoms with E-state index in [1.165, 1.54) is 5.56 Å². The molecule has 0 atom stereocenters. The summed E-state index contributed by atoms with van der Waals surface area (Å²) in [5, 5.41) is 10.8. The maximum atomic E-state index is 5.36. The molecule has 2 N–H and O–H groups in total. The minimum absolute atomic E-state index is 0. The summed E-state index contributed by atoms with van der Waals surface area (Å²) >= 11 is 0. The minimum Gasteiger partial charge on any atom is -0.496 e. The number of nitrogens with zero attached hydrogens (tertiary/aromatic N) is 3. The maximum absolute atomic E-state index is 5.36. The van der Waals surface area contributed by atoms with E-state index in [9.17, 15) is 0 Å². The van der Waals surface area contributed by atoms with Crippen molar-refractivity contribution in [3.05, 3.63) is 48.3 Å². The molecule has 0 fully saturated rings. The summed E-state index contributed by atoms with van der Waals surface area (Å²) in [7, 11) is 3.48. The molecule has 2 rings (SSSR count). The van der Waals surface area contributed by atoms with Gasteiger partial charge in [0.2, 0.25) is 0 Å². The molecule has 0 aliphatic heterocycles. The lowest BCUT2D eigenvalue weighted by Gasteiger charge is -2.13. The first-order valence-corrected chi connectivity index (χ1v) is 7.87. The molecule has 0 aliphatic rings. The zero-order valence-electron chi connectivity index (χ0n) is 14.2. The molecular weight excluding hydrogens is 417 g/mol. The van der Waals surface area contributed by atoms with Gasteiger partial charge in [-0.05, 0) is 30.5 Å². The highest BCUT2D eigenvalue weighted by Crippen LogP contribution is 2.17. The zero-order valence-corrected chi connectivity index (χ0v) is 16.6. The number of aliphatic imine (C=N–C) groups is 1. The van der Waals surface area contributed by atoms with E-state index >= 15 is 0 Å². The van der Waals surface area contributed by atoms with Crippen LogP contribution in [0.15, 0.2) is 47.7 Å². The summed E-state index contributed by atoms with van der Waals surface area (Å²) in [5.41, 5.74) is 1.19. The Hall–Kier alpha value is -1.77. The molecule has 1 heterocycles. The number of methoxy groups -OCH3 is 1. The standard InChI is InChI=1S/C17H25N5O.HI/c1-18-17(19-10-5-13-22-14-6-11-21-22)20-12-9-15-7-3-4-8-16(15)23-2;/h3-4,6-8,11,14H,5,9-10,12-13H2,1-2H3,(H2,18,19,20);1H. The lowest BCUT2D eigenvalue weighted by molar-refractivity contribution is 0.409. The number of para-hydroxylation sites is 1. The Balaban J connectivity index is 0.00000288. The molecule has 24 heavy (non-hydrogen) atoms. The molecule has 1 aromatic heterocycles. The first-order chi connectivity index (χ1) is 11.3. The van der Waals surface area contributed by atoms with Crippen molar-refractivity contribution < 1.29 is 4.74 Å². The van der Waals surface area contributed by atoms with Crippen LogP contribution in [0.25, 0.3) is 0 Å². The highest BCUT2D eigenvalue weighted by molar-refractivity contribution is 14.0. The number of guanidine groups is 1. The van der Waals surface area contributed by atoms with Crippen LogP contribution < -0.4 is 15.4 Å². The van der Waals surface area contributed by atoms with Gasteiger partial charge in [0, 0.05) is 39.1 Å². The molecule has 0 amide bonds. The number of nitrogens with one attached hydrogen (secondary N) is 2.